The van der Waals surface area contributed by atoms with Crippen molar-refractivity contribution in [2.75, 3.05) is 32.8 Å². The van der Waals surface area contributed by atoms with Crippen molar-refractivity contribution >= 4 is 5.91 Å². The Bertz CT molecular complexity index is 721. The van der Waals surface area contributed by atoms with Gasteiger partial charge in [0.25, 0.3) is 5.91 Å². The number of hydrogen-bond donors (Lipinski definition) is 1. The number of ether oxygens (including phenoxy) is 1. The van der Waals surface area contributed by atoms with Crippen LogP contribution in [0, 0.1) is 0 Å². The number of hydrogen-bond acceptors (Lipinski definition) is 5. The first-order chi connectivity index (χ1) is 13.2. The number of carbonyl (C=O) groups excluding carboxylic acids is 1. The summed E-state index contributed by atoms with van der Waals surface area (Å²) in [5, 5.41) is 9.48. The second kappa shape index (κ2) is 9.48. The van der Waals surface area contributed by atoms with Crippen LogP contribution in [0.4, 0.5) is 0 Å². The van der Waals surface area contributed by atoms with Gasteiger partial charge in [0.1, 0.15) is 5.75 Å². The highest BCUT2D eigenvalue weighted by atomic mass is 16.5. The van der Waals surface area contributed by atoms with E-state index >= 15 is 0 Å². The highest BCUT2D eigenvalue weighted by Gasteiger charge is 2.29. The molecule has 1 atom stereocenters. The van der Waals surface area contributed by atoms with E-state index in [9.17, 15) is 9.90 Å². The van der Waals surface area contributed by atoms with Gasteiger partial charge in [-0.2, -0.15) is 0 Å². The maximum absolute atomic E-state index is 12.7. The molecule has 1 aliphatic rings. The molecule has 27 heavy (non-hydrogen) atoms. The van der Waals surface area contributed by atoms with Crippen molar-refractivity contribution in [3.63, 3.8) is 0 Å². The Morgan fingerprint density at radius 3 is 2.59 bits per heavy atom. The molecule has 1 amide bonds. The van der Waals surface area contributed by atoms with Gasteiger partial charge in [-0.3, -0.25) is 14.7 Å². The van der Waals surface area contributed by atoms with Gasteiger partial charge < -0.3 is 14.7 Å². The Morgan fingerprint density at radius 2 is 1.93 bits per heavy atom. The lowest BCUT2D eigenvalue weighted by molar-refractivity contribution is 0.0395. The monoisotopic (exact) mass is 369 g/mol. The fourth-order valence-electron chi connectivity index (χ4n) is 3.48. The summed E-state index contributed by atoms with van der Waals surface area (Å²) in [6, 6.07) is 11.8. The molecule has 2 aromatic rings. The number of carbonyl (C=O) groups is 1. The second-order valence-corrected chi connectivity index (χ2v) is 6.70. The minimum Gasteiger partial charge on any atom is -0.494 e. The molecule has 3 rings (SSSR count). The molecule has 1 saturated heterocycles. The molecule has 1 unspecified atom stereocenters. The summed E-state index contributed by atoms with van der Waals surface area (Å²) in [4.78, 5) is 20.9. The van der Waals surface area contributed by atoms with Crippen molar-refractivity contribution in [2.45, 2.75) is 25.9 Å². The first kappa shape index (κ1) is 19.3. The maximum Gasteiger partial charge on any atom is 0.254 e. The summed E-state index contributed by atoms with van der Waals surface area (Å²) in [5.74, 6) is 0.905. The average molecular weight is 369 g/mol. The van der Waals surface area contributed by atoms with E-state index in [-0.39, 0.29) is 18.6 Å². The Hall–Kier alpha value is -2.44. The van der Waals surface area contributed by atoms with Gasteiger partial charge in [0, 0.05) is 56.8 Å². The Kier molecular flexibility index (Phi) is 6.79. The summed E-state index contributed by atoms with van der Waals surface area (Å²) in [5.41, 5.74) is 1.86. The van der Waals surface area contributed by atoms with Crippen molar-refractivity contribution in [3.05, 3.63) is 59.9 Å². The standard InChI is InChI=1S/C21H27N3O3/c1-2-27-20-5-3-17(4-6-20)15-23-12-13-24(16-19(23)9-14-25)21(26)18-7-10-22-11-8-18/h3-8,10-11,19,25H,2,9,12-16H2,1H3. The normalized spacial score (nSPS) is 17.7. The van der Waals surface area contributed by atoms with E-state index in [1.54, 1.807) is 24.5 Å². The lowest BCUT2D eigenvalue weighted by atomic mass is 10.1. The smallest absolute Gasteiger partial charge is 0.254 e. The van der Waals surface area contributed by atoms with Gasteiger partial charge in [0.15, 0.2) is 0 Å². The Morgan fingerprint density at radius 1 is 1.19 bits per heavy atom. The van der Waals surface area contributed by atoms with Crippen LogP contribution < -0.4 is 4.74 Å². The number of nitrogens with zero attached hydrogens (tertiary/aromatic N) is 3. The van der Waals surface area contributed by atoms with E-state index in [0.29, 0.717) is 31.7 Å². The van der Waals surface area contributed by atoms with Gasteiger partial charge >= 0.3 is 0 Å². The van der Waals surface area contributed by atoms with Crippen LogP contribution in [-0.4, -0.2) is 64.7 Å². The number of aromatic nitrogens is 1. The minimum atomic E-state index is 0.0288. The third kappa shape index (κ3) is 5.05. The molecule has 2 heterocycles. The number of pyridine rings is 1. The molecule has 0 bridgehead atoms. The molecule has 0 saturated carbocycles. The van der Waals surface area contributed by atoms with Gasteiger partial charge in [0.05, 0.1) is 6.61 Å². The summed E-state index contributed by atoms with van der Waals surface area (Å²) < 4.78 is 5.50. The zero-order valence-electron chi connectivity index (χ0n) is 15.8. The van der Waals surface area contributed by atoms with E-state index in [0.717, 1.165) is 18.8 Å². The summed E-state index contributed by atoms with van der Waals surface area (Å²) in [6.45, 7) is 5.63. The molecule has 144 valence electrons. The van der Waals surface area contributed by atoms with Gasteiger partial charge in [-0.25, -0.2) is 0 Å². The minimum absolute atomic E-state index is 0.0288. The van der Waals surface area contributed by atoms with Crippen molar-refractivity contribution in [1.29, 1.82) is 0 Å². The molecule has 0 radical (unpaired) electrons. The molecule has 1 aliphatic heterocycles. The Balaban J connectivity index is 1.64. The molecular weight excluding hydrogens is 342 g/mol. The van der Waals surface area contributed by atoms with Crippen LogP contribution in [0.5, 0.6) is 5.75 Å². The summed E-state index contributed by atoms with van der Waals surface area (Å²) in [7, 11) is 0. The van der Waals surface area contributed by atoms with Crippen LogP contribution in [0.1, 0.15) is 29.3 Å². The van der Waals surface area contributed by atoms with E-state index in [1.165, 1.54) is 5.56 Å². The third-order valence-electron chi connectivity index (χ3n) is 4.90. The summed E-state index contributed by atoms with van der Waals surface area (Å²) in [6.07, 6.45) is 3.93. The number of aliphatic hydroxyl groups excluding tert-OH is 1. The first-order valence-corrected chi connectivity index (χ1v) is 9.47. The molecule has 6 heteroatoms. The predicted molar refractivity (Wildman–Crippen MR) is 104 cm³/mol. The fraction of sp³-hybridized carbons (Fsp3) is 0.429. The van der Waals surface area contributed by atoms with Crippen molar-refractivity contribution < 1.29 is 14.6 Å². The van der Waals surface area contributed by atoms with Gasteiger partial charge in [0.2, 0.25) is 0 Å². The van der Waals surface area contributed by atoms with Gasteiger partial charge in [-0.05, 0) is 43.2 Å². The van der Waals surface area contributed by atoms with E-state index < -0.39 is 0 Å². The van der Waals surface area contributed by atoms with E-state index in [4.69, 9.17) is 4.74 Å². The number of benzene rings is 1. The Labute approximate surface area is 160 Å². The van der Waals surface area contributed by atoms with Crippen LogP contribution in [0.2, 0.25) is 0 Å². The topological polar surface area (TPSA) is 65.9 Å². The number of rotatable bonds is 7. The lowest BCUT2D eigenvalue weighted by Crippen LogP contribution is -2.54. The molecule has 6 nitrogen and oxygen atoms in total. The predicted octanol–water partition coefficient (Wildman–Crippen LogP) is 2.19. The van der Waals surface area contributed by atoms with Crippen molar-refractivity contribution in [2.24, 2.45) is 0 Å². The second-order valence-electron chi connectivity index (χ2n) is 6.70. The zero-order valence-corrected chi connectivity index (χ0v) is 15.8. The van der Waals surface area contributed by atoms with Gasteiger partial charge in [-0.1, -0.05) is 12.1 Å². The van der Waals surface area contributed by atoms with Gasteiger partial charge in [-0.15, -0.1) is 0 Å². The molecule has 1 fully saturated rings. The van der Waals surface area contributed by atoms with E-state index in [2.05, 4.69) is 22.0 Å². The fourth-order valence-corrected chi connectivity index (χ4v) is 3.48. The van der Waals surface area contributed by atoms with Crippen LogP contribution in [0.25, 0.3) is 0 Å². The number of amides is 1. The quantitative estimate of drug-likeness (QED) is 0.810. The number of aliphatic hydroxyl groups is 1. The number of piperazine rings is 1. The SMILES string of the molecule is CCOc1ccc(CN2CCN(C(=O)c3ccncc3)CC2CCO)cc1. The van der Waals surface area contributed by atoms with Crippen LogP contribution in [0.3, 0.4) is 0 Å². The maximum atomic E-state index is 12.7. The van der Waals surface area contributed by atoms with Crippen molar-refractivity contribution in [3.8, 4) is 5.75 Å². The molecule has 1 aromatic heterocycles. The highest BCUT2D eigenvalue weighted by molar-refractivity contribution is 5.94. The average Bonchev–Trinajstić information content (AvgIpc) is 2.71. The largest absolute Gasteiger partial charge is 0.494 e. The zero-order chi connectivity index (χ0) is 19.1. The lowest BCUT2D eigenvalue weighted by Gasteiger charge is -2.41. The van der Waals surface area contributed by atoms with Crippen LogP contribution >= 0.6 is 0 Å². The molecular formula is C21H27N3O3. The summed E-state index contributed by atoms with van der Waals surface area (Å²) >= 11 is 0. The van der Waals surface area contributed by atoms with Crippen LogP contribution in [0.15, 0.2) is 48.8 Å². The highest BCUT2D eigenvalue weighted by Crippen LogP contribution is 2.20. The third-order valence-corrected chi connectivity index (χ3v) is 4.90. The van der Waals surface area contributed by atoms with Crippen molar-refractivity contribution in [1.82, 2.24) is 14.8 Å². The van der Waals surface area contributed by atoms with Crippen LogP contribution in [-0.2, 0) is 6.54 Å². The van der Waals surface area contributed by atoms with E-state index in [1.807, 2.05) is 24.0 Å². The molecule has 0 spiro atoms. The first-order valence-electron chi connectivity index (χ1n) is 9.47. The molecule has 0 aliphatic carbocycles. The molecule has 1 aromatic carbocycles. The molecule has 1 N–H and O–H groups in total.